The summed E-state index contributed by atoms with van der Waals surface area (Å²) >= 11 is 0. The molecule has 10 aromatic rings. The van der Waals surface area contributed by atoms with Crippen LogP contribution in [0.15, 0.2) is 205 Å². The normalized spacial score (nSPS) is 11.5. The Morgan fingerprint density at radius 3 is 1.67 bits per heavy atom. The summed E-state index contributed by atoms with van der Waals surface area (Å²) in [7, 11) is 0. The number of benzene rings is 9. The van der Waals surface area contributed by atoms with E-state index in [9.17, 15) is 0 Å². The highest BCUT2D eigenvalue weighted by Crippen LogP contribution is 2.45. The zero-order valence-corrected chi connectivity index (χ0v) is 28.4. The lowest BCUT2D eigenvalue weighted by Crippen LogP contribution is -2.10. The zero-order chi connectivity index (χ0) is 34.4. The summed E-state index contributed by atoms with van der Waals surface area (Å²) in [5.74, 6) is 0. The molecule has 1 aromatic heterocycles. The number of rotatable bonds is 6. The van der Waals surface area contributed by atoms with E-state index in [1.807, 2.05) is 0 Å². The van der Waals surface area contributed by atoms with Crippen LogP contribution in [0.5, 0.6) is 0 Å². The maximum atomic E-state index is 6.98. The summed E-state index contributed by atoms with van der Waals surface area (Å²) < 4.78 is 6.98. The van der Waals surface area contributed by atoms with Crippen molar-refractivity contribution in [2.75, 3.05) is 4.90 Å². The Bertz CT molecular complexity index is 2870. The summed E-state index contributed by atoms with van der Waals surface area (Å²) in [6.07, 6.45) is 0. The van der Waals surface area contributed by atoms with Crippen LogP contribution in [0.4, 0.5) is 17.1 Å². The van der Waals surface area contributed by atoms with Gasteiger partial charge in [-0.3, -0.25) is 0 Å². The Balaban J connectivity index is 1.12. The van der Waals surface area contributed by atoms with Gasteiger partial charge in [0.15, 0.2) is 5.58 Å². The van der Waals surface area contributed by atoms with Gasteiger partial charge in [0.25, 0.3) is 0 Å². The molecule has 0 saturated heterocycles. The van der Waals surface area contributed by atoms with Gasteiger partial charge >= 0.3 is 0 Å². The van der Waals surface area contributed by atoms with E-state index >= 15 is 0 Å². The van der Waals surface area contributed by atoms with Crippen LogP contribution in [0.2, 0.25) is 0 Å². The van der Waals surface area contributed by atoms with Crippen LogP contribution in [0.3, 0.4) is 0 Å². The molecule has 1 heterocycles. The predicted molar refractivity (Wildman–Crippen MR) is 220 cm³/mol. The first-order chi connectivity index (χ1) is 25.8. The standard InChI is InChI=1S/C50H33NO/c1-4-13-35(14-5-1)42-31-28-39(33-46(42)36-15-6-2-7-16-36)34-25-29-41(30-26-34)51(40-18-8-3-9-19-40)47-22-12-21-44-45-32-27-38-24-23-37-17-10-11-20-43(37)48(38)50(45)52-49(44)47/h1-33H. The molecule has 2 heteroatoms. The van der Waals surface area contributed by atoms with Crippen LogP contribution in [-0.4, -0.2) is 0 Å². The molecule has 2 nitrogen and oxygen atoms in total. The van der Waals surface area contributed by atoms with Crippen LogP contribution in [0, 0.1) is 0 Å². The zero-order valence-electron chi connectivity index (χ0n) is 28.4. The Morgan fingerprint density at radius 2 is 0.904 bits per heavy atom. The number of hydrogen-bond acceptors (Lipinski definition) is 2. The van der Waals surface area contributed by atoms with E-state index in [0.717, 1.165) is 50.0 Å². The average molecular weight is 664 g/mol. The van der Waals surface area contributed by atoms with Gasteiger partial charge in [0.1, 0.15) is 5.58 Å². The van der Waals surface area contributed by atoms with E-state index in [4.69, 9.17) is 4.42 Å². The molecular weight excluding hydrogens is 631 g/mol. The molecule has 0 bridgehead atoms. The van der Waals surface area contributed by atoms with Gasteiger partial charge in [0, 0.05) is 27.5 Å². The molecule has 0 aliphatic heterocycles. The lowest BCUT2D eigenvalue weighted by Gasteiger charge is -2.25. The summed E-state index contributed by atoms with van der Waals surface area (Å²) in [4.78, 5) is 2.31. The lowest BCUT2D eigenvalue weighted by molar-refractivity contribution is 0.673. The number of nitrogens with zero attached hydrogens (tertiary/aromatic N) is 1. The summed E-state index contributed by atoms with van der Waals surface area (Å²) in [5.41, 5.74) is 12.1. The molecule has 0 aliphatic rings. The quantitative estimate of drug-likeness (QED) is 0.165. The number of fused-ring (bicyclic) bond motifs is 7. The van der Waals surface area contributed by atoms with Crippen LogP contribution in [-0.2, 0) is 0 Å². The van der Waals surface area contributed by atoms with Crippen molar-refractivity contribution in [2.45, 2.75) is 0 Å². The second-order valence-electron chi connectivity index (χ2n) is 13.3. The van der Waals surface area contributed by atoms with E-state index < -0.39 is 0 Å². The fraction of sp³-hybridized carbons (Fsp3) is 0. The molecule has 0 amide bonds. The molecule has 0 spiro atoms. The number of anilines is 3. The van der Waals surface area contributed by atoms with Crippen molar-refractivity contribution in [2.24, 2.45) is 0 Å². The molecule has 0 atom stereocenters. The fourth-order valence-electron chi connectivity index (χ4n) is 7.76. The maximum absolute atomic E-state index is 6.98. The molecule has 244 valence electrons. The maximum Gasteiger partial charge on any atom is 0.159 e. The van der Waals surface area contributed by atoms with Gasteiger partial charge in [-0.05, 0) is 92.0 Å². The Labute approximate surface area is 302 Å². The lowest BCUT2D eigenvalue weighted by atomic mass is 9.91. The predicted octanol–water partition coefficient (Wildman–Crippen LogP) is 14.4. The number of para-hydroxylation sites is 2. The second kappa shape index (κ2) is 12.5. The fourth-order valence-corrected chi connectivity index (χ4v) is 7.76. The number of hydrogen-bond donors (Lipinski definition) is 0. The van der Waals surface area contributed by atoms with Gasteiger partial charge in [0.05, 0.1) is 5.69 Å². The molecule has 0 saturated carbocycles. The first-order valence-corrected chi connectivity index (χ1v) is 17.8. The van der Waals surface area contributed by atoms with E-state index in [0.29, 0.717) is 0 Å². The minimum absolute atomic E-state index is 0.870. The van der Waals surface area contributed by atoms with Crippen molar-refractivity contribution in [3.8, 4) is 33.4 Å². The van der Waals surface area contributed by atoms with Gasteiger partial charge in [-0.25, -0.2) is 0 Å². The SMILES string of the molecule is c1ccc(-c2ccc(-c3ccc(N(c4ccccc4)c4cccc5c4oc4c5ccc5ccc6ccccc6c54)cc3)cc2-c2ccccc2)cc1. The molecule has 52 heavy (non-hydrogen) atoms. The summed E-state index contributed by atoms with van der Waals surface area (Å²) in [5, 5.41) is 6.97. The van der Waals surface area contributed by atoms with Crippen LogP contribution >= 0.6 is 0 Å². The Hall–Kier alpha value is -6.90. The smallest absolute Gasteiger partial charge is 0.159 e. The average Bonchev–Trinajstić information content (AvgIpc) is 3.62. The molecule has 9 aromatic carbocycles. The van der Waals surface area contributed by atoms with Crippen molar-refractivity contribution in [1.82, 2.24) is 0 Å². The largest absolute Gasteiger partial charge is 0.453 e. The summed E-state index contributed by atoms with van der Waals surface area (Å²) in [6.45, 7) is 0. The highest BCUT2D eigenvalue weighted by molar-refractivity contribution is 6.24. The summed E-state index contributed by atoms with van der Waals surface area (Å²) in [6, 6.07) is 71.5. The molecule has 0 N–H and O–H groups in total. The topological polar surface area (TPSA) is 16.4 Å². The third kappa shape index (κ3) is 5.04. The third-order valence-electron chi connectivity index (χ3n) is 10.3. The number of furan rings is 1. The minimum atomic E-state index is 0.870. The molecule has 0 fully saturated rings. The van der Waals surface area contributed by atoms with Gasteiger partial charge < -0.3 is 9.32 Å². The van der Waals surface area contributed by atoms with Gasteiger partial charge in [-0.15, -0.1) is 0 Å². The van der Waals surface area contributed by atoms with Crippen molar-refractivity contribution >= 4 is 60.5 Å². The monoisotopic (exact) mass is 663 g/mol. The van der Waals surface area contributed by atoms with Crippen molar-refractivity contribution < 1.29 is 4.42 Å². The van der Waals surface area contributed by atoms with Gasteiger partial charge in [-0.2, -0.15) is 0 Å². The second-order valence-corrected chi connectivity index (χ2v) is 13.3. The molecule has 0 unspecified atom stereocenters. The Morgan fingerprint density at radius 1 is 0.327 bits per heavy atom. The van der Waals surface area contributed by atoms with E-state index in [-0.39, 0.29) is 0 Å². The van der Waals surface area contributed by atoms with Crippen molar-refractivity contribution in [3.63, 3.8) is 0 Å². The highest BCUT2D eigenvalue weighted by Gasteiger charge is 2.21. The highest BCUT2D eigenvalue weighted by atomic mass is 16.3. The van der Waals surface area contributed by atoms with Crippen molar-refractivity contribution in [1.29, 1.82) is 0 Å². The first kappa shape index (κ1) is 30.0. The minimum Gasteiger partial charge on any atom is -0.453 e. The van der Waals surface area contributed by atoms with Gasteiger partial charge in [0.2, 0.25) is 0 Å². The van der Waals surface area contributed by atoms with E-state index in [1.54, 1.807) is 0 Å². The van der Waals surface area contributed by atoms with Crippen LogP contribution in [0.25, 0.3) is 76.9 Å². The van der Waals surface area contributed by atoms with Crippen LogP contribution in [0.1, 0.15) is 0 Å². The van der Waals surface area contributed by atoms with Gasteiger partial charge in [-0.1, -0.05) is 158 Å². The molecule has 0 radical (unpaired) electrons. The van der Waals surface area contributed by atoms with Crippen molar-refractivity contribution in [3.05, 3.63) is 200 Å². The third-order valence-corrected chi connectivity index (χ3v) is 10.3. The molecule has 0 aliphatic carbocycles. The first-order valence-electron chi connectivity index (χ1n) is 17.8. The Kier molecular flexibility index (Phi) is 7.18. The van der Waals surface area contributed by atoms with E-state index in [2.05, 4.69) is 205 Å². The molecule has 10 rings (SSSR count). The molecular formula is C50H33NO. The van der Waals surface area contributed by atoms with Crippen LogP contribution < -0.4 is 4.90 Å². The van der Waals surface area contributed by atoms with E-state index in [1.165, 1.54) is 44.0 Å².